The molecule has 0 unspecified atom stereocenters. The van der Waals surface area contributed by atoms with Crippen LogP contribution < -0.4 is 0 Å². The van der Waals surface area contributed by atoms with Gasteiger partial charge in [0, 0.05) is 16.2 Å². The topological polar surface area (TPSA) is 17.1 Å². The molecule has 1 aliphatic rings. The summed E-state index contributed by atoms with van der Waals surface area (Å²) in [6.07, 6.45) is 1.64. The second kappa shape index (κ2) is 6.70. The minimum Gasteiger partial charge on any atom is -0.289 e. The summed E-state index contributed by atoms with van der Waals surface area (Å²) in [7, 11) is 0. The van der Waals surface area contributed by atoms with Crippen molar-refractivity contribution in [2.45, 2.75) is 12.8 Å². The standard InChI is InChI=1S/C23H17ClO/c24-19-13-10-18(11-14-19)23(25)21-15-12-16-6-4-5-9-20(16)22(21)17-7-2-1-3-8-17/h1-11,13-14H,12,15H2. The van der Waals surface area contributed by atoms with E-state index in [2.05, 4.69) is 30.3 Å². The van der Waals surface area contributed by atoms with Crippen LogP contribution in [0.5, 0.6) is 0 Å². The van der Waals surface area contributed by atoms with Crippen LogP contribution in [0.2, 0.25) is 5.02 Å². The fourth-order valence-electron chi connectivity index (χ4n) is 3.47. The van der Waals surface area contributed by atoms with E-state index in [9.17, 15) is 4.79 Å². The maximum Gasteiger partial charge on any atom is 0.189 e. The normalized spacial score (nSPS) is 13.5. The number of Topliss-reactive ketones (excluding diaryl/α,β-unsaturated/α-hetero) is 1. The Kier molecular flexibility index (Phi) is 4.25. The van der Waals surface area contributed by atoms with Crippen molar-refractivity contribution in [1.82, 2.24) is 0 Å². The molecule has 0 atom stereocenters. The molecule has 122 valence electrons. The Labute approximate surface area is 152 Å². The molecule has 0 heterocycles. The number of hydrogen-bond donors (Lipinski definition) is 0. The van der Waals surface area contributed by atoms with Crippen LogP contribution in [0.1, 0.15) is 33.5 Å². The molecule has 3 aromatic carbocycles. The number of rotatable bonds is 3. The third kappa shape index (κ3) is 3.04. The van der Waals surface area contributed by atoms with E-state index in [-0.39, 0.29) is 5.78 Å². The molecule has 0 N–H and O–H groups in total. The van der Waals surface area contributed by atoms with Crippen LogP contribution >= 0.6 is 11.6 Å². The van der Waals surface area contributed by atoms with Crippen molar-refractivity contribution in [3.8, 4) is 0 Å². The van der Waals surface area contributed by atoms with E-state index in [1.807, 2.05) is 24.3 Å². The van der Waals surface area contributed by atoms with Gasteiger partial charge in [-0.15, -0.1) is 0 Å². The minimum atomic E-state index is 0.0880. The monoisotopic (exact) mass is 344 g/mol. The van der Waals surface area contributed by atoms with Crippen molar-refractivity contribution < 1.29 is 4.79 Å². The van der Waals surface area contributed by atoms with Gasteiger partial charge in [0.1, 0.15) is 0 Å². The summed E-state index contributed by atoms with van der Waals surface area (Å²) in [5.41, 5.74) is 6.18. The predicted molar refractivity (Wildman–Crippen MR) is 103 cm³/mol. The van der Waals surface area contributed by atoms with E-state index < -0.39 is 0 Å². The van der Waals surface area contributed by atoms with Crippen LogP contribution in [-0.2, 0) is 6.42 Å². The number of carbonyl (C=O) groups excluding carboxylic acids is 1. The van der Waals surface area contributed by atoms with Gasteiger partial charge in [0.2, 0.25) is 0 Å². The van der Waals surface area contributed by atoms with Crippen LogP contribution in [0, 0.1) is 0 Å². The third-order valence-electron chi connectivity index (χ3n) is 4.68. The van der Waals surface area contributed by atoms with E-state index in [4.69, 9.17) is 11.6 Å². The Morgan fingerprint density at radius 1 is 0.760 bits per heavy atom. The zero-order chi connectivity index (χ0) is 17.2. The van der Waals surface area contributed by atoms with Gasteiger partial charge in [-0.25, -0.2) is 0 Å². The first-order valence-electron chi connectivity index (χ1n) is 8.41. The summed E-state index contributed by atoms with van der Waals surface area (Å²) in [5.74, 6) is 0.0880. The van der Waals surface area contributed by atoms with Crippen molar-refractivity contribution in [1.29, 1.82) is 0 Å². The first kappa shape index (κ1) is 15.9. The molecule has 1 nitrogen and oxygen atoms in total. The minimum absolute atomic E-state index is 0.0880. The molecular weight excluding hydrogens is 328 g/mol. The summed E-state index contributed by atoms with van der Waals surface area (Å²) in [6, 6.07) is 25.7. The van der Waals surface area contributed by atoms with Crippen molar-refractivity contribution in [2.75, 3.05) is 0 Å². The molecule has 25 heavy (non-hydrogen) atoms. The molecule has 0 amide bonds. The van der Waals surface area contributed by atoms with Crippen molar-refractivity contribution in [3.05, 3.63) is 112 Å². The molecular formula is C23H17ClO. The lowest BCUT2D eigenvalue weighted by Crippen LogP contribution is -2.13. The molecule has 0 spiro atoms. The number of fused-ring (bicyclic) bond motifs is 1. The molecule has 0 bridgehead atoms. The largest absolute Gasteiger partial charge is 0.289 e. The smallest absolute Gasteiger partial charge is 0.189 e. The number of ketones is 1. The van der Waals surface area contributed by atoms with E-state index in [1.165, 1.54) is 5.56 Å². The van der Waals surface area contributed by atoms with Gasteiger partial charge in [-0.05, 0) is 59.4 Å². The molecule has 3 aromatic rings. The second-order valence-electron chi connectivity index (χ2n) is 6.21. The highest BCUT2D eigenvalue weighted by Crippen LogP contribution is 2.37. The summed E-state index contributed by atoms with van der Waals surface area (Å²) in [6.45, 7) is 0. The lowest BCUT2D eigenvalue weighted by atomic mass is 9.80. The van der Waals surface area contributed by atoms with E-state index in [1.54, 1.807) is 24.3 Å². The van der Waals surface area contributed by atoms with Crippen LogP contribution in [0.25, 0.3) is 5.57 Å². The van der Waals surface area contributed by atoms with Gasteiger partial charge < -0.3 is 0 Å². The maximum atomic E-state index is 13.2. The van der Waals surface area contributed by atoms with E-state index in [0.29, 0.717) is 10.6 Å². The zero-order valence-electron chi connectivity index (χ0n) is 13.7. The lowest BCUT2D eigenvalue weighted by molar-refractivity contribution is 0.103. The molecule has 1 aliphatic carbocycles. The molecule has 2 heteroatoms. The van der Waals surface area contributed by atoms with Gasteiger partial charge >= 0.3 is 0 Å². The van der Waals surface area contributed by atoms with Crippen LogP contribution in [0.15, 0.2) is 84.4 Å². The van der Waals surface area contributed by atoms with Gasteiger partial charge in [-0.2, -0.15) is 0 Å². The summed E-state index contributed by atoms with van der Waals surface area (Å²) >= 11 is 5.97. The Bertz CT molecular complexity index is 953. The Hall–Kier alpha value is -2.64. The van der Waals surface area contributed by atoms with Gasteiger partial charge in [0.25, 0.3) is 0 Å². The third-order valence-corrected chi connectivity index (χ3v) is 4.93. The molecule has 0 radical (unpaired) electrons. The van der Waals surface area contributed by atoms with Crippen molar-refractivity contribution >= 4 is 23.0 Å². The molecule has 0 aromatic heterocycles. The van der Waals surface area contributed by atoms with Crippen LogP contribution in [0.3, 0.4) is 0 Å². The summed E-state index contributed by atoms with van der Waals surface area (Å²) in [4.78, 5) is 13.2. The fraction of sp³-hybridized carbons (Fsp3) is 0.0870. The van der Waals surface area contributed by atoms with E-state index >= 15 is 0 Å². The van der Waals surface area contributed by atoms with Gasteiger partial charge in [0.05, 0.1) is 0 Å². The number of aryl methyl sites for hydroxylation is 1. The fourth-order valence-corrected chi connectivity index (χ4v) is 3.59. The predicted octanol–water partition coefficient (Wildman–Crippen LogP) is 5.97. The quantitative estimate of drug-likeness (QED) is 0.535. The summed E-state index contributed by atoms with van der Waals surface area (Å²) < 4.78 is 0. The average Bonchev–Trinajstić information content (AvgIpc) is 2.68. The maximum absolute atomic E-state index is 13.2. The molecule has 0 aliphatic heterocycles. The molecule has 4 rings (SSSR count). The Morgan fingerprint density at radius 3 is 2.20 bits per heavy atom. The van der Waals surface area contributed by atoms with Crippen LogP contribution in [0.4, 0.5) is 0 Å². The number of halogens is 1. The van der Waals surface area contributed by atoms with Crippen molar-refractivity contribution in [3.63, 3.8) is 0 Å². The highest BCUT2D eigenvalue weighted by Gasteiger charge is 2.25. The molecule has 0 saturated heterocycles. The Morgan fingerprint density at radius 2 is 1.44 bits per heavy atom. The molecule has 0 saturated carbocycles. The number of benzene rings is 3. The first-order valence-corrected chi connectivity index (χ1v) is 8.79. The highest BCUT2D eigenvalue weighted by molar-refractivity contribution is 6.30. The SMILES string of the molecule is O=C(C1=C(c2ccccc2)c2ccccc2CC1)c1ccc(Cl)cc1. The van der Waals surface area contributed by atoms with Gasteiger partial charge in [-0.1, -0.05) is 66.2 Å². The average molecular weight is 345 g/mol. The zero-order valence-corrected chi connectivity index (χ0v) is 14.5. The van der Waals surface area contributed by atoms with Crippen LogP contribution in [-0.4, -0.2) is 5.78 Å². The summed E-state index contributed by atoms with van der Waals surface area (Å²) in [5, 5.41) is 0.641. The van der Waals surface area contributed by atoms with Gasteiger partial charge in [-0.3, -0.25) is 4.79 Å². The number of allylic oxidation sites excluding steroid dienone is 1. The molecule has 0 fully saturated rings. The lowest BCUT2D eigenvalue weighted by Gasteiger charge is -2.23. The van der Waals surface area contributed by atoms with E-state index in [0.717, 1.165) is 35.1 Å². The van der Waals surface area contributed by atoms with Gasteiger partial charge in [0.15, 0.2) is 5.78 Å². The Balaban J connectivity index is 1.91. The number of hydrogen-bond acceptors (Lipinski definition) is 1. The number of carbonyl (C=O) groups is 1. The second-order valence-corrected chi connectivity index (χ2v) is 6.65. The first-order chi connectivity index (χ1) is 12.2. The van der Waals surface area contributed by atoms with Crippen molar-refractivity contribution in [2.24, 2.45) is 0 Å². The highest BCUT2D eigenvalue weighted by atomic mass is 35.5.